The molecule has 5 rings (SSSR count). The Bertz CT molecular complexity index is 1750. The molecule has 0 fully saturated rings. The van der Waals surface area contributed by atoms with Crippen LogP contribution in [0.25, 0.3) is 22.9 Å². The summed E-state index contributed by atoms with van der Waals surface area (Å²) in [5.41, 5.74) is 1.36. The Morgan fingerprint density at radius 3 is 2.45 bits per heavy atom. The summed E-state index contributed by atoms with van der Waals surface area (Å²) in [6, 6.07) is 12.8. The van der Waals surface area contributed by atoms with Gasteiger partial charge in [-0.25, -0.2) is 15.0 Å². The number of tetrazole rings is 1. The molecule has 0 radical (unpaired) electrons. The van der Waals surface area contributed by atoms with Crippen LogP contribution in [0, 0.1) is 0 Å². The SMILES string of the molecule is COc1ccccc1Oc1c(-c2nccc(OS(=O)(=O)c3ccc(C(C)C)cn3)n2)cc(-c2nn[nH]n2)nc1Cl. The van der Waals surface area contributed by atoms with Crippen molar-refractivity contribution in [2.45, 2.75) is 24.8 Å². The first-order chi connectivity index (χ1) is 19.2. The van der Waals surface area contributed by atoms with Crippen LogP contribution in [-0.2, 0) is 10.1 Å². The molecular weight excluding hydrogens is 560 g/mol. The average molecular weight is 581 g/mol. The molecule has 40 heavy (non-hydrogen) atoms. The second-order valence-corrected chi connectivity index (χ2v) is 10.4. The van der Waals surface area contributed by atoms with Crippen LogP contribution in [-0.4, -0.2) is 56.1 Å². The average Bonchev–Trinajstić information content (AvgIpc) is 3.49. The van der Waals surface area contributed by atoms with Crippen molar-refractivity contribution in [3.8, 4) is 46.0 Å². The number of H-pyrrole nitrogens is 1. The van der Waals surface area contributed by atoms with Gasteiger partial charge < -0.3 is 13.7 Å². The Hall–Kier alpha value is -4.69. The van der Waals surface area contributed by atoms with Crippen molar-refractivity contribution in [2.24, 2.45) is 0 Å². The van der Waals surface area contributed by atoms with Crippen LogP contribution in [0.1, 0.15) is 25.3 Å². The van der Waals surface area contributed by atoms with Gasteiger partial charge in [0.15, 0.2) is 33.3 Å². The molecule has 0 aliphatic carbocycles. The van der Waals surface area contributed by atoms with E-state index >= 15 is 0 Å². The van der Waals surface area contributed by atoms with Crippen LogP contribution in [0.4, 0.5) is 0 Å². The van der Waals surface area contributed by atoms with Crippen molar-refractivity contribution >= 4 is 21.7 Å². The molecule has 0 saturated heterocycles. The molecule has 0 spiro atoms. The maximum Gasteiger partial charge on any atom is 0.358 e. The largest absolute Gasteiger partial charge is 0.493 e. The van der Waals surface area contributed by atoms with Crippen LogP contribution in [0.2, 0.25) is 5.15 Å². The standard InChI is InChI=1S/C25H21ClN8O5S/c1-14(2)15-8-9-21(28-13-15)40(35,36)39-20-10-11-27-24(30-20)16-12-17(25-31-33-34-32-25)29-23(26)22(16)38-19-7-5-4-6-18(19)37-3/h4-14H,1-3H3,(H,31,32,33,34). The van der Waals surface area contributed by atoms with Crippen LogP contribution < -0.4 is 13.7 Å². The number of aromatic amines is 1. The normalized spacial score (nSPS) is 11.4. The van der Waals surface area contributed by atoms with Crippen molar-refractivity contribution in [1.82, 2.24) is 40.6 Å². The third-order valence-electron chi connectivity index (χ3n) is 5.54. The third kappa shape index (κ3) is 5.67. The second-order valence-electron chi connectivity index (χ2n) is 8.50. The minimum atomic E-state index is -4.29. The molecule has 1 aromatic carbocycles. The maximum absolute atomic E-state index is 12.9. The molecule has 5 aromatic rings. The lowest BCUT2D eigenvalue weighted by Gasteiger charge is -2.15. The highest BCUT2D eigenvalue weighted by Gasteiger charge is 2.24. The lowest BCUT2D eigenvalue weighted by Crippen LogP contribution is -2.13. The van der Waals surface area contributed by atoms with Crippen LogP contribution in [0.15, 0.2) is 66.0 Å². The van der Waals surface area contributed by atoms with E-state index in [2.05, 4.69) is 40.6 Å². The van der Waals surface area contributed by atoms with Gasteiger partial charge in [0.25, 0.3) is 0 Å². The van der Waals surface area contributed by atoms with Gasteiger partial charge in [0, 0.05) is 18.5 Å². The van der Waals surface area contributed by atoms with Gasteiger partial charge in [0.05, 0.1) is 12.7 Å². The highest BCUT2D eigenvalue weighted by molar-refractivity contribution is 7.87. The number of nitrogens with one attached hydrogen (secondary N) is 1. The fourth-order valence-electron chi connectivity index (χ4n) is 3.52. The Morgan fingerprint density at radius 2 is 1.77 bits per heavy atom. The second kappa shape index (κ2) is 11.2. The summed E-state index contributed by atoms with van der Waals surface area (Å²) < 4.78 is 42.6. The number of ether oxygens (including phenoxy) is 2. The summed E-state index contributed by atoms with van der Waals surface area (Å²) in [5, 5.41) is 13.5. The lowest BCUT2D eigenvalue weighted by atomic mass is 10.1. The predicted octanol–water partition coefficient (Wildman–Crippen LogP) is 4.46. The fraction of sp³-hybridized carbons (Fsp3) is 0.160. The van der Waals surface area contributed by atoms with Gasteiger partial charge in [-0.05, 0) is 41.0 Å². The van der Waals surface area contributed by atoms with E-state index in [9.17, 15) is 8.42 Å². The van der Waals surface area contributed by atoms with Gasteiger partial charge in [-0.3, -0.25) is 0 Å². The fourth-order valence-corrected chi connectivity index (χ4v) is 4.57. The number of hydrogen-bond acceptors (Lipinski definition) is 12. The van der Waals surface area contributed by atoms with E-state index in [-0.39, 0.29) is 50.6 Å². The van der Waals surface area contributed by atoms with E-state index in [1.807, 2.05) is 13.8 Å². The zero-order valence-corrected chi connectivity index (χ0v) is 22.9. The zero-order chi connectivity index (χ0) is 28.3. The molecule has 204 valence electrons. The van der Waals surface area contributed by atoms with E-state index in [1.54, 1.807) is 30.3 Å². The van der Waals surface area contributed by atoms with Gasteiger partial charge in [-0.15, -0.1) is 10.2 Å². The number of aromatic nitrogens is 8. The van der Waals surface area contributed by atoms with Gasteiger partial charge in [0.1, 0.15) is 5.69 Å². The number of pyridine rings is 2. The molecule has 0 aliphatic heterocycles. The van der Waals surface area contributed by atoms with Gasteiger partial charge in [-0.2, -0.15) is 18.6 Å². The Morgan fingerprint density at radius 1 is 0.975 bits per heavy atom. The van der Waals surface area contributed by atoms with Crippen LogP contribution in [0.3, 0.4) is 0 Å². The van der Waals surface area contributed by atoms with E-state index in [0.29, 0.717) is 11.5 Å². The number of hydrogen-bond donors (Lipinski definition) is 1. The number of halogens is 1. The number of rotatable bonds is 9. The molecule has 4 heterocycles. The molecule has 0 aliphatic rings. The number of methoxy groups -OCH3 is 1. The summed E-state index contributed by atoms with van der Waals surface area (Å²) in [7, 11) is -2.80. The monoisotopic (exact) mass is 580 g/mol. The van der Waals surface area contributed by atoms with Gasteiger partial charge in [-0.1, -0.05) is 43.6 Å². The summed E-state index contributed by atoms with van der Waals surface area (Å²) >= 11 is 6.55. The van der Waals surface area contributed by atoms with Crippen molar-refractivity contribution in [1.29, 1.82) is 0 Å². The first-order valence-corrected chi connectivity index (χ1v) is 13.5. The summed E-state index contributed by atoms with van der Waals surface area (Å²) in [5.74, 6) is 0.959. The molecule has 0 bridgehead atoms. The first kappa shape index (κ1) is 26.9. The van der Waals surface area contributed by atoms with Gasteiger partial charge in [0.2, 0.25) is 11.7 Å². The molecular formula is C25H21ClN8O5S. The van der Waals surface area contributed by atoms with Crippen molar-refractivity contribution < 1.29 is 22.1 Å². The highest BCUT2D eigenvalue weighted by atomic mass is 35.5. The smallest absolute Gasteiger partial charge is 0.358 e. The summed E-state index contributed by atoms with van der Waals surface area (Å²) in [6.07, 6.45) is 2.82. The molecule has 0 unspecified atom stereocenters. The summed E-state index contributed by atoms with van der Waals surface area (Å²) in [4.78, 5) is 17.0. The molecule has 0 saturated carbocycles. The van der Waals surface area contributed by atoms with Crippen molar-refractivity contribution in [3.05, 3.63) is 71.6 Å². The maximum atomic E-state index is 12.9. The van der Waals surface area contributed by atoms with Crippen LogP contribution in [0.5, 0.6) is 23.1 Å². The lowest BCUT2D eigenvalue weighted by molar-refractivity contribution is 0.379. The van der Waals surface area contributed by atoms with E-state index < -0.39 is 10.1 Å². The topological polar surface area (TPSA) is 168 Å². The third-order valence-corrected chi connectivity index (χ3v) is 6.94. The molecule has 1 N–H and O–H groups in total. The molecule has 0 amide bonds. The van der Waals surface area contributed by atoms with E-state index in [1.165, 1.54) is 37.7 Å². The predicted molar refractivity (Wildman–Crippen MR) is 143 cm³/mol. The molecule has 0 atom stereocenters. The van der Waals surface area contributed by atoms with E-state index in [0.717, 1.165) is 5.56 Å². The Labute approximate surface area is 233 Å². The quantitative estimate of drug-likeness (QED) is 0.192. The van der Waals surface area contributed by atoms with Gasteiger partial charge >= 0.3 is 10.1 Å². The molecule has 4 aromatic heterocycles. The summed E-state index contributed by atoms with van der Waals surface area (Å²) in [6.45, 7) is 3.96. The first-order valence-electron chi connectivity index (χ1n) is 11.7. The Kier molecular flexibility index (Phi) is 7.53. The highest BCUT2D eigenvalue weighted by Crippen LogP contribution is 2.41. The minimum Gasteiger partial charge on any atom is -0.493 e. The molecule has 15 heteroatoms. The van der Waals surface area contributed by atoms with Crippen LogP contribution >= 0.6 is 11.6 Å². The number of para-hydroxylation sites is 2. The van der Waals surface area contributed by atoms with E-state index in [4.69, 9.17) is 25.3 Å². The van der Waals surface area contributed by atoms with Crippen molar-refractivity contribution in [3.63, 3.8) is 0 Å². The molecule has 13 nitrogen and oxygen atoms in total. The number of benzene rings is 1. The number of nitrogens with zero attached hydrogens (tertiary/aromatic N) is 7. The van der Waals surface area contributed by atoms with Crippen molar-refractivity contribution in [2.75, 3.05) is 7.11 Å². The zero-order valence-electron chi connectivity index (χ0n) is 21.3. The minimum absolute atomic E-state index is 0.0229. The Balaban J connectivity index is 1.56.